The van der Waals surface area contributed by atoms with Crippen molar-refractivity contribution in [2.75, 3.05) is 25.6 Å². The number of ether oxygens (including phenoxy) is 3. The smallest absolute Gasteiger partial charge is 0.218 e. The van der Waals surface area contributed by atoms with Crippen LogP contribution in [0.4, 0.5) is 5.82 Å². The van der Waals surface area contributed by atoms with Crippen molar-refractivity contribution in [2.24, 2.45) is 0 Å². The lowest BCUT2D eigenvalue weighted by Crippen LogP contribution is -2.26. The molecule has 0 spiro atoms. The van der Waals surface area contributed by atoms with E-state index in [4.69, 9.17) is 14.2 Å². The Labute approximate surface area is 107 Å². The van der Waals surface area contributed by atoms with Gasteiger partial charge in [0.1, 0.15) is 17.7 Å². The zero-order valence-corrected chi connectivity index (χ0v) is 11.2. The van der Waals surface area contributed by atoms with Crippen LogP contribution in [-0.2, 0) is 9.47 Å². The summed E-state index contributed by atoms with van der Waals surface area (Å²) < 4.78 is 16.3. The summed E-state index contributed by atoms with van der Waals surface area (Å²) in [5, 5.41) is 3.20. The molecular formula is C12H19N3O3. The van der Waals surface area contributed by atoms with Crippen molar-refractivity contribution in [3.05, 3.63) is 11.9 Å². The van der Waals surface area contributed by atoms with Gasteiger partial charge in [-0.3, -0.25) is 0 Å². The van der Waals surface area contributed by atoms with Crippen molar-refractivity contribution < 1.29 is 14.2 Å². The summed E-state index contributed by atoms with van der Waals surface area (Å²) in [6, 6.07) is 1.76. The summed E-state index contributed by atoms with van der Waals surface area (Å²) in [5.74, 6) is 1.45. The van der Waals surface area contributed by atoms with E-state index in [0.29, 0.717) is 24.9 Å². The van der Waals surface area contributed by atoms with E-state index in [1.165, 1.54) is 0 Å². The van der Waals surface area contributed by atoms with Crippen LogP contribution in [-0.4, -0.2) is 42.1 Å². The molecule has 18 heavy (non-hydrogen) atoms. The molecular weight excluding hydrogens is 234 g/mol. The van der Waals surface area contributed by atoms with Crippen LogP contribution in [0.2, 0.25) is 0 Å². The molecule has 0 saturated carbocycles. The highest BCUT2D eigenvalue weighted by atomic mass is 16.7. The van der Waals surface area contributed by atoms with Gasteiger partial charge in [0.05, 0.1) is 13.7 Å². The lowest BCUT2D eigenvalue weighted by Gasteiger charge is -2.17. The molecule has 1 aliphatic rings. The van der Waals surface area contributed by atoms with Gasteiger partial charge in [0.2, 0.25) is 5.88 Å². The molecule has 1 fully saturated rings. The fourth-order valence-corrected chi connectivity index (χ4v) is 1.82. The Bertz CT molecular complexity index is 423. The third-order valence-corrected chi connectivity index (χ3v) is 2.60. The van der Waals surface area contributed by atoms with Crippen molar-refractivity contribution in [1.29, 1.82) is 0 Å². The first-order chi connectivity index (χ1) is 8.48. The molecule has 2 heterocycles. The molecule has 6 nitrogen and oxygen atoms in total. The molecule has 1 N–H and O–H groups in total. The maximum Gasteiger partial charge on any atom is 0.218 e. The number of hydrogen-bond donors (Lipinski definition) is 1. The van der Waals surface area contributed by atoms with E-state index in [0.717, 1.165) is 5.82 Å². The first kappa shape index (κ1) is 13.0. The third kappa shape index (κ3) is 3.30. The molecule has 0 aromatic carbocycles. The fourth-order valence-electron chi connectivity index (χ4n) is 1.82. The molecule has 1 atom stereocenters. The Hall–Kier alpha value is -1.40. The number of methoxy groups -OCH3 is 1. The molecule has 6 heteroatoms. The van der Waals surface area contributed by atoms with Crippen LogP contribution < -0.4 is 10.1 Å². The predicted molar refractivity (Wildman–Crippen MR) is 66.7 cm³/mol. The van der Waals surface area contributed by atoms with Crippen LogP contribution in [0.25, 0.3) is 0 Å². The maximum absolute atomic E-state index is 5.70. The van der Waals surface area contributed by atoms with E-state index in [9.17, 15) is 0 Å². The van der Waals surface area contributed by atoms with Gasteiger partial charge in [0.25, 0.3) is 0 Å². The van der Waals surface area contributed by atoms with E-state index in [2.05, 4.69) is 15.3 Å². The molecule has 1 saturated heterocycles. The van der Waals surface area contributed by atoms with Gasteiger partial charge in [-0.25, -0.2) is 4.98 Å². The van der Waals surface area contributed by atoms with Gasteiger partial charge in [-0.1, -0.05) is 0 Å². The molecule has 100 valence electrons. The maximum atomic E-state index is 5.70. The van der Waals surface area contributed by atoms with Crippen LogP contribution >= 0.6 is 0 Å². The lowest BCUT2D eigenvalue weighted by molar-refractivity contribution is -0.136. The molecule has 2 rings (SSSR count). The highest BCUT2D eigenvalue weighted by Gasteiger charge is 2.32. The van der Waals surface area contributed by atoms with E-state index in [1.54, 1.807) is 13.2 Å². The second-order valence-corrected chi connectivity index (χ2v) is 4.67. The minimum atomic E-state index is -0.494. The number of nitrogens with one attached hydrogen (secondary N) is 1. The van der Waals surface area contributed by atoms with Gasteiger partial charge in [0, 0.05) is 12.6 Å². The molecule has 0 bridgehead atoms. The number of nitrogens with zero attached hydrogens (tertiary/aromatic N) is 2. The zero-order valence-electron chi connectivity index (χ0n) is 11.2. The highest BCUT2D eigenvalue weighted by Crippen LogP contribution is 2.22. The summed E-state index contributed by atoms with van der Waals surface area (Å²) in [5.41, 5.74) is 0. The Morgan fingerprint density at radius 3 is 2.89 bits per heavy atom. The standard InChI is InChI=1S/C12H19N3O3/c1-8-14-10(5-11(15-8)16-4)13-6-9-7-17-12(2,3)18-9/h5,9H,6-7H2,1-4H3,(H,13,14,15). The summed E-state index contributed by atoms with van der Waals surface area (Å²) in [4.78, 5) is 8.41. The second-order valence-electron chi connectivity index (χ2n) is 4.67. The molecule has 0 radical (unpaired) electrons. The van der Waals surface area contributed by atoms with Gasteiger partial charge in [0.15, 0.2) is 5.79 Å². The van der Waals surface area contributed by atoms with Crippen LogP contribution in [0.15, 0.2) is 6.07 Å². The van der Waals surface area contributed by atoms with Crippen LogP contribution in [0.5, 0.6) is 5.88 Å². The van der Waals surface area contributed by atoms with Crippen LogP contribution in [0.3, 0.4) is 0 Å². The average Bonchev–Trinajstić information content (AvgIpc) is 2.65. The summed E-state index contributed by atoms with van der Waals surface area (Å²) >= 11 is 0. The van der Waals surface area contributed by atoms with Crippen LogP contribution in [0.1, 0.15) is 19.7 Å². The van der Waals surface area contributed by atoms with E-state index in [-0.39, 0.29) is 6.10 Å². The van der Waals surface area contributed by atoms with Gasteiger partial charge in [-0.15, -0.1) is 0 Å². The van der Waals surface area contributed by atoms with Crippen molar-refractivity contribution in [1.82, 2.24) is 9.97 Å². The largest absolute Gasteiger partial charge is 0.481 e. The number of aryl methyl sites for hydroxylation is 1. The van der Waals surface area contributed by atoms with Crippen molar-refractivity contribution >= 4 is 5.82 Å². The average molecular weight is 253 g/mol. The number of aromatic nitrogens is 2. The summed E-state index contributed by atoms with van der Waals surface area (Å²) in [6.07, 6.45) is 0.0290. The van der Waals surface area contributed by atoms with E-state index >= 15 is 0 Å². The molecule has 0 aliphatic carbocycles. The lowest BCUT2D eigenvalue weighted by atomic mass is 10.3. The van der Waals surface area contributed by atoms with Crippen LogP contribution in [0, 0.1) is 6.92 Å². The van der Waals surface area contributed by atoms with Crippen molar-refractivity contribution in [3.63, 3.8) is 0 Å². The number of rotatable bonds is 4. The normalized spacial score (nSPS) is 21.9. The van der Waals surface area contributed by atoms with Gasteiger partial charge in [-0.05, 0) is 20.8 Å². The SMILES string of the molecule is COc1cc(NCC2COC(C)(C)O2)nc(C)n1. The first-order valence-corrected chi connectivity index (χ1v) is 5.94. The molecule has 1 aromatic heterocycles. The zero-order chi connectivity index (χ0) is 13.2. The minimum absolute atomic E-state index is 0.0290. The highest BCUT2D eigenvalue weighted by molar-refractivity contribution is 5.38. The van der Waals surface area contributed by atoms with E-state index in [1.807, 2.05) is 20.8 Å². The van der Waals surface area contributed by atoms with Gasteiger partial charge in [-0.2, -0.15) is 4.98 Å². The van der Waals surface area contributed by atoms with E-state index < -0.39 is 5.79 Å². The first-order valence-electron chi connectivity index (χ1n) is 5.94. The topological polar surface area (TPSA) is 65.5 Å². The Morgan fingerprint density at radius 2 is 2.28 bits per heavy atom. The van der Waals surface area contributed by atoms with Gasteiger partial charge >= 0.3 is 0 Å². The minimum Gasteiger partial charge on any atom is -0.481 e. The second kappa shape index (κ2) is 5.07. The van der Waals surface area contributed by atoms with Crippen molar-refractivity contribution in [3.8, 4) is 5.88 Å². The number of hydrogen-bond acceptors (Lipinski definition) is 6. The quantitative estimate of drug-likeness (QED) is 0.874. The molecule has 1 aromatic rings. The number of anilines is 1. The fraction of sp³-hybridized carbons (Fsp3) is 0.667. The third-order valence-electron chi connectivity index (χ3n) is 2.60. The Morgan fingerprint density at radius 1 is 1.50 bits per heavy atom. The summed E-state index contributed by atoms with van der Waals surface area (Å²) in [7, 11) is 1.59. The monoisotopic (exact) mass is 253 g/mol. The Balaban J connectivity index is 1.92. The molecule has 1 unspecified atom stereocenters. The van der Waals surface area contributed by atoms with Crippen molar-refractivity contribution in [2.45, 2.75) is 32.7 Å². The Kier molecular flexibility index (Phi) is 3.68. The molecule has 0 amide bonds. The predicted octanol–water partition coefficient (Wildman–Crippen LogP) is 1.36. The summed E-state index contributed by atoms with van der Waals surface area (Å²) in [6.45, 7) is 6.87. The molecule has 1 aliphatic heterocycles. The van der Waals surface area contributed by atoms with Gasteiger partial charge < -0.3 is 19.5 Å².